The van der Waals surface area contributed by atoms with Gasteiger partial charge in [0.25, 0.3) is 0 Å². The minimum Gasteiger partial charge on any atom is -0.343 e. The molecule has 226 valence electrons. The van der Waals surface area contributed by atoms with E-state index in [0.717, 1.165) is 44.3 Å². The van der Waals surface area contributed by atoms with E-state index < -0.39 is 5.41 Å². The fourth-order valence-electron chi connectivity index (χ4n) is 8.30. The molecule has 4 nitrogen and oxygen atoms in total. The SMILES string of the molecule is Cc1ccc2c(c1)-c1cc(C)ccc1C2(c1ccc2c(c1)c(=O)c1ccccc1n2C)c1ccc2c(c1)c(=O)c1ccccc1n2C. The normalized spacial score (nSPS) is 13.4. The van der Waals surface area contributed by atoms with E-state index in [-0.39, 0.29) is 10.9 Å². The van der Waals surface area contributed by atoms with Crippen molar-refractivity contribution in [1.82, 2.24) is 9.13 Å². The lowest BCUT2D eigenvalue weighted by Gasteiger charge is -2.34. The molecule has 9 rings (SSSR count). The molecule has 1 aliphatic rings. The van der Waals surface area contributed by atoms with E-state index >= 15 is 0 Å². The van der Waals surface area contributed by atoms with Crippen LogP contribution < -0.4 is 10.9 Å². The topological polar surface area (TPSA) is 44.0 Å². The van der Waals surface area contributed by atoms with Crippen LogP contribution in [0.3, 0.4) is 0 Å². The molecule has 8 aromatic rings. The summed E-state index contributed by atoms with van der Waals surface area (Å²) >= 11 is 0. The average Bonchev–Trinajstić information content (AvgIpc) is 3.38. The summed E-state index contributed by atoms with van der Waals surface area (Å²) in [6.45, 7) is 4.26. The summed E-state index contributed by atoms with van der Waals surface area (Å²) in [5.74, 6) is 0. The Balaban J connectivity index is 1.46. The molecule has 0 saturated heterocycles. The lowest BCUT2D eigenvalue weighted by molar-refractivity contribution is 0.770. The maximum Gasteiger partial charge on any atom is 0.197 e. The molecule has 2 heterocycles. The first-order valence-electron chi connectivity index (χ1n) is 16.1. The Morgan fingerprint density at radius 2 is 0.851 bits per heavy atom. The highest BCUT2D eigenvalue weighted by Crippen LogP contribution is 2.57. The van der Waals surface area contributed by atoms with Crippen LogP contribution in [0.1, 0.15) is 33.4 Å². The van der Waals surface area contributed by atoms with Gasteiger partial charge in [-0.05, 0) is 95.8 Å². The van der Waals surface area contributed by atoms with Crippen molar-refractivity contribution in [3.8, 4) is 11.1 Å². The van der Waals surface area contributed by atoms with Crippen molar-refractivity contribution in [3.05, 3.63) is 175 Å². The second-order valence-corrected chi connectivity index (χ2v) is 13.1. The average molecular weight is 609 g/mol. The number of para-hydroxylation sites is 2. The molecule has 0 radical (unpaired) electrons. The summed E-state index contributed by atoms with van der Waals surface area (Å²) in [7, 11) is 4.05. The minimum absolute atomic E-state index is 0.0239. The molecule has 47 heavy (non-hydrogen) atoms. The molecule has 0 fully saturated rings. The Kier molecular flexibility index (Phi) is 5.65. The van der Waals surface area contributed by atoms with Gasteiger partial charge in [-0.1, -0.05) is 83.9 Å². The van der Waals surface area contributed by atoms with Crippen LogP contribution in [0.5, 0.6) is 0 Å². The second-order valence-electron chi connectivity index (χ2n) is 13.1. The van der Waals surface area contributed by atoms with Crippen LogP contribution in [0.4, 0.5) is 0 Å². The molecule has 0 spiro atoms. The van der Waals surface area contributed by atoms with Crippen molar-refractivity contribution in [2.75, 3.05) is 0 Å². The van der Waals surface area contributed by atoms with Gasteiger partial charge in [-0.15, -0.1) is 0 Å². The fraction of sp³-hybridized carbons (Fsp3) is 0.116. The van der Waals surface area contributed by atoms with Crippen molar-refractivity contribution in [2.24, 2.45) is 14.1 Å². The van der Waals surface area contributed by atoms with Crippen molar-refractivity contribution >= 4 is 43.6 Å². The zero-order valence-electron chi connectivity index (χ0n) is 26.8. The number of benzene rings is 6. The smallest absolute Gasteiger partial charge is 0.197 e. The molecule has 1 aliphatic carbocycles. The number of fused-ring (bicyclic) bond motifs is 7. The molecule has 6 aromatic carbocycles. The molecule has 0 N–H and O–H groups in total. The summed E-state index contributed by atoms with van der Waals surface area (Å²) in [6.07, 6.45) is 0. The van der Waals surface area contributed by atoms with Gasteiger partial charge in [0.15, 0.2) is 10.9 Å². The largest absolute Gasteiger partial charge is 0.343 e. The van der Waals surface area contributed by atoms with Crippen molar-refractivity contribution in [3.63, 3.8) is 0 Å². The lowest BCUT2D eigenvalue weighted by atomic mass is 9.67. The van der Waals surface area contributed by atoms with Crippen molar-refractivity contribution < 1.29 is 0 Å². The zero-order chi connectivity index (χ0) is 32.2. The zero-order valence-corrected chi connectivity index (χ0v) is 26.8. The predicted molar refractivity (Wildman–Crippen MR) is 194 cm³/mol. The van der Waals surface area contributed by atoms with E-state index in [1.165, 1.54) is 22.3 Å². The van der Waals surface area contributed by atoms with E-state index in [2.05, 4.69) is 95.8 Å². The number of nitrogens with zero attached hydrogens (tertiary/aromatic N) is 2. The summed E-state index contributed by atoms with van der Waals surface area (Å²) in [5, 5.41) is 2.77. The maximum absolute atomic E-state index is 14.2. The quantitative estimate of drug-likeness (QED) is 0.184. The van der Waals surface area contributed by atoms with Gasteiger partial charge in [0.2, 0.25) is 0 Å². The predicted octanol–water partition coefficient (Wildman–Crippen LogP) is 8.68. The highest BCUT2D eigenvalue weighted by Gasteiger charge is 2.46. The molecule has 0 bridgehead atoms. The molecule has 0 atom stereocenters. The number of aromatic nitrogens is 2. The third-order valence-corrected chi connectivity index (χ3v) is 10.5. The summed E-state index contributed by atoms with van der Waals surface area (Å²) < 4.78 is 4.22. The van der Waals surface area contributed by atoms with Crippen LogP contribution in [0.25, 0.3) is 54.7 Å². The number of pyridine rings is 2. The lowest BCUT2D eigenvalue weighted by Crippen LogP contribution is -2.29. The van der Waals surface area contributed by atoms with Crippen LogP contribution in [-0.2, 0) is 19.5 Å². The summed E-state index contributed by atoms with van der Waals surface area (Å²) in [6, 6.07) is 41.7. The van der Waals surface area contributed by atoms with Gasteiger partial charge in [0.1, 0.15) is 0 Å². The highest BCUT2D eigenvalue weighted by atomic mass is 16.1. The Labute approximate surface area is 271 Å². The number of aryl methyl sites for hydroxylation is 4. The van der Waals surface area contributed by atoms with Crippen molar-refractivity contribution in [1.29, 1.82) is 0 Å². The van der Waals surface area contributed by atoms with Gasteiger partial charge in [0.05, 0.1) is 27.5 Å². The molecule has 0 amide bonds. The second kappa shape index (κ2) is 9.63. The van der Waals surface area contributed by atoms with Crippen LogP contribution in [0, 0.1) is 13.8 Å². The molecule has 0 unspecified atom stereocenters. The van der Waals surface area contributed by atoms with Gasteiger partial charge >= 0.3 is 0 Å². The Morgan fingerprint density at radius 3 is 1.30 bits per heavy atom. The van der Waals surface area contributed by atoms with Gasteiger partial charge < -0.3 is 9.13 Å². The van der Waals surface area contributed by atoms with E-state index in [9.17, 15) is 9.59 Å². The standard InChI is InChI=1S/C43H32N2O2/c1-25-13-17-35-31(21-25)32-22-26(2)14-18-36(32)43(35,27-15-19-39-33(23-27)41(46)29-9-5-7-11-37(29)44(39)3)28-16-20-40-34(24-28)42(47)30-10-6-8-12-38(30)45(40)4/h5-24H,1-4H3. The summed E-state index contributed by atoms with van der Waals surface area (Å²) in [4.78, 5) is 28.3. The first-order chi connectivity index (χ1) is 22.8. The van der Waals surface area contributed by atoms with Crippen LogP contribution >= 0.6 is 0 Å². The van der Waals surface area contributed by atoms with E-state index in [1.54, 1.807) is 0 Å². The van der Waals surface area contributed by atoms with Crippen LogP contribution in [-0.4, -0.2) is 9.13 Å². The monoisotopic (exact) mass is 608 g/mol. The van der Waals surface area contributed by atoms with Crippen LogP contribution in [0.2, 0.25) is 0 Å². The van der Waals surface area contributed by atoms with E-state index in [1.807, 2.05) is 62.6 Å². The fourth-order valence-corrected chi connectivity index (χ4v) is 8.30. The Morgan fingerprint density at radius 1 is 0.447 bits per heavy atom. The molecular weight excluding hydrogens is 576 g/mol. The first kappa shape index (κ1) is 27.6. The molecule has 0 saturated carbocycles. The third kappa shape index (κ3) is 3.58. The Hall–Kier alpha value is -5.74. The van der Waals surface area contributed by atoms with Gasteiger partial charge in [0, 0.05) is 35.6 Å². The molecule has 4 heteroatoms. The minimum atomic E-state index is -0.762. The maximum atomic E-state index is 14.2. The highest BCUT2D eigenvalue weighted by molar-refractivity contribution is 5.97. The van der Waals surface area contributed by atoms with Gasteiger partial charge in [-0.2, -0.15) is 0 Å². The van der Waals surface area contributed by atoms with E-state index in [4.69, 9.17) is 0 Å². The summed E-state index contributed by atoms with van der Waals surface area (Å²) in [5.41, 5.74) is 11.9. The van der Waals surface area contributed by atoms with Crippen LogP contribution in [0.15, 0.2) is 131 Å². The number of rotatable bonds is 2. The van der Waals surface area contributed by atoms with Gasteiger partial charge in [-0.3, -0.25) is 9.59 Å². The molecule has 2 aromatic heterocycles. The Bertz CT molecular complexity index is 2590. The number of hydrogen-bond acceptors (Lipinski definition) is 2. The first-order valence-corrected chi connectivity index (χ1v) is 16.1. The third-order valence-electron chi connectivity index (χ3n) is 10.5. The number of hydrogen-bond donors (Lipinski definition) is 0. The van der Waals surface area contributed by atoms with Gasteiger partial charge in [-0.25, -0.2) is 0 Å². The van der Waals surface area contributed by atoms with E-state index in [0.29, 0.717) is 21.5 Å². The molecule has 0 aliphatic heterocycles. The molecular formula is C43H32N2O2. The van der Waals surface area contributed by atoms with Crippen molar-refractivity contribution in [2.45, 2.75) is 19.3 Å².